The minimum atomic E-state index is 0.0783. The molecule has 2 aromatic carbocycles. The summed E-state index contributed by atoms with van der Waals surface area (Å²) in [6, 6.07) is 17.6. The Hall–Kier alpha value is -3.58. The van der Waals surface area contributed by atoms with Gasteiger partial charge in [-0.25, -0.2) is 0 Å². The van der Waals surface area contributed by atoms with E-state index in [0.29, 0.717) is 50.6 Å². The summed E-state index contributed by atoms with van der Waals surface area (Å²) in [7, 11) is 3.18. The molecular weight excluding hydrogens is 442 g/mol. The number of nitrogens with zero attached hydrogens (tertiary/aromatic N) is 3. The first-order valence-corrected chi connectivity index (χ1v) is 11.9. The van der Waals surface area contributed by atoms with Crippen LogP contribution in [0.2, 0.25) is 0 Å². The van der Waals surface area contributed by atoms with Gasteiger partial charge in [-0.05, 0) is 49.7 Å². The Kier molecular flexibility index (Phi) is 7.56. The van der Waals surface area contributed by atoms with Crippen molar-refractivity contribution in [3.8, 4) is 17.2 Å². The largest absolute Gasteiger partial charge is 0.493 e. The number of Topliss-reactive ketones (excluding diaryl/α,β-unsaturated/α-hetero) is 1. The molecule has 1 fully saturated rings. The summed E-state index contributed by atoms with van der Waals surface area (Å²) in [4.78, 5) is 30.0. The number of methoxy groups -OCH3 is 2. The number of amides is 1. The molecule has 0 bridgehead atoms. The molecule has 4 rings (SSSR count). The van der Waals surface area contributed by atoms with E-state index < -0.39 is 0 Å². The summed E-state index contributed by atoms with van der Waals surface area (Å²) in [6.07, 6.45) is 0.310. The van der Waals surface area contributed by atoms with Crippen LogP contribution in [0, 0.1) is 13.8 Å². The second kappa shape index (κ2) is 10.8. The Morgan fingerprint density at radius 3 is 2.20 bits per heavy atom. The third kappa shape index (κ3) is 5.41. The zero-order valence-corrected chi connectivity index (χ0v) is 20.9. The number of hydrogen-bond donors (Lipinski definition) is 0. The minimum Gasteiger partial charge on any atom is -0.493 e. The van der Waals surface area contributed by atoms with Gasteiger partial charge in [0.05, 0.1) is 27.2 Å². The summed E-state index contributed by atoms with van der Waals surface area (Å²) in [5, 5.41) is 0. The van der Waals surface area contributed by atoms with Crippen LogP contribution in [0.25, 0.3) is 5.69 Å². The Morgan fingerprint density at radius 2 is 1.54 bits per heavy atom. The van der Waals surface area contributed by atoms with Crippen molar-refractivity contribution in [1.82, 2.24) is 14.4 Å². The molecule has 0 N–H and O–H groups in total. The van der Waals surface area contributed by atoms with Gasteiger partial charge in [0.25, 0.3) is 0 Å². The molecule has 0 unspecified atom stereocenters. The number of aryl methyl sites for hydroxylation is 1. The van der Waals surface area contributed by atoms with E-state index in [9.17, 15) is 9.59 Å². The number of aromatic nitrogens is 1. The fourth-order valence-corrected chi connectivity index (χ4v) is 4.74. The third-order valence-electron chi connectivity index (χ3n) is 6.64. The Morgan fingerprint density at radius 1 is 0.857 bits per heavy atom. The average Bonchev–Trinajstić information content (AvgIpc) is 3.18. The van der Waals surface area contributed by atoms with Gasteiger partial charge in [-0.2, -0.15) is 0 Å². The van der Waals surface area contributed by atoms with Crippen molar-refractivity contribution in [3.63, 3.8) is 0 Å². The predicted octanol–water partition coefficient (Wildman–Crippen LogP) is 3.68. The van der Waals surface area contributed by atoms with Crippen LogP contribution >= 0.6 is 0 Å². The molecule has 0 spiro atoms. The molecule has 0 atom stereocenters. The van der Waals surface area contributed by atoms with Gasteiger partial charge in [-0.3, -0.25) is 14.5 Å². The molecular formula is C28H33N3O4. The fraction of sp³-hybridized carbons (Fsp3) is 0.357. The SMILES string of the molecule is COc1ccc(CC(=O)N2CCN(CC(=O)c3cc(C)n(-c4ccccc4)c3C)CC2)cc1OC. The molecule has 1 aliphatic rings. The number of ether oxygens (including phenoxy) is 2. The Balaban J connectivity index is 1.33. The van der Waals surface area contributed by atoms with E-state index in [2.05, 4.69) is 9.47 Å². The van der Waals surface area contributed by atoms with Gasteiger partial charge < -0.3 is 18.9 Å². The first-order valence-electron chi connectivity index (χ1n) is 11.9. The summed E-state index contributed by atoms with van der Waals surface area (Å²) in [6.45, 7) is 6.97. The molecule has 35 heavy (non-hydrogen) atoms. The van der Waals surface area contributed by atoms with Crippen LogP contribution in [0.15, 0.2) is 54.6 Å². The van der Waals surface area contributed by atoms with Crippen LogP contribution < -0.4 is 9.47 Å². The van der Waals surface area contributed by atoms with E-state index in [1.54, 1.807) is 14.2 Å². The highest BCUT2D eigenvalue weighted by atomic mass is 16.5. The van der Waals surface area contributed by atoms with Crippen molar-refractivity contribution in [2.24, 2.45) is 0 Å². The smallest absolute Gasteiger partial charge is 0.227 e. The van der Waals surface area contributed by atoms with Gasteiger partial charge in [0.2, 0.25) is 5.91 Å². The van der Waals surface area contributed by atoms with Crippen molar-refractivity contribution in [2.45, 2.75) is 20.3 Å². The lowest BCUT2D eigenvalue weighted by Gasteiger charge is -2.34. The van der Waals surface area contributed by atoms with Gasteiger partial charge in [0.15, 0.2) is 17.3 Å². The van der Waals surface area contributed by atoms with Crippen molar-refractivity contribution in [1.29, 1.82) is 0 Å². The second-order valence-electron chi connectivity index (χ2n) is 8.90. The molecule has 1 amide bonds. The second-order valence-corrected chi connectivity index (χ2v) is 8.90. The first kappa shape index (κ1) is 24.5. The summed E-state index contributed by atoms with van der Waals surface area (Å²) >= 11 is 0. The first-order chi connectivity index (χ1) is 16.9. The number of carbonyl (C=O) groups excluding carboxylic acids is 2. The fourth-order valence-electron chi connectivity index (χ4n) is 4.74. The summed E-state index contributed by atoms with van der Waals surface area (Å²) in [5.41, 5.74) is 4.71. The molecule has 0 aliphatic carbocycles. The van der Waals surface area contributed by atoms with Crippen LogP contribution in [0.1, 0.15) is 27.3 Å². The van der Waals surface area contributed by atoms with Gasteiger partial charge in [0, 0.05) is 48.8 Å². The van der Waals surface area contributed by atoms with Crippen molar-refractivity contribution in [3.05, 3.63) is 77.1 Å². The minimum absolute atomic E-state index is 0.0783. The molecule has 2 heterocycles. The van der Waals surface area contributed by atoms with Gasteiger partial charge >= 0.3 is 0 Å². The van der Waals surface area contributed by atoms with Crippen LogP contribution in [0.4, 0.5) is 0 Å². The van der Waals surface area contributed by atoms with Gasteiger partial charge in [-0.15, -0.1) is 0 Å². The standard InChI is InChI=1S/C28H33N3O4/c1-20-16-24(21(2)31(20)23-8-6-5-7-9-23)25(32)19-29-12-14-30(15-13-29)28(33)18-22-10-11-26(34-3)27(17-22)35-4/h5-11,16-17H,12-15,18-19H2,1-4H3. The quantitative estimate of drug-likeness (QED) is 0.465. The van der Waals surface area contributed by atoms with Crippen LogP contribution in [0.5, 0.6) is 11.5 Å². The molecule has 184 valence electrons. The number of piperazine rings is 1. The lowest BCUT2D eigenvalue weighted by atomic mass is 10.1. The van der Waals surface area contributed by atoms with E-state index in [0.717, 1.165) is 28.2 Å². The molecule has 7 heteroatoms. The maximum Gasteiger partial charge on any atom is 0.227 e. The Labute approximate surface area is 206 Å². The zero-order chi connectivity index (χ0) is 24.9. The molecule has 1 saturated heterocycles. The molecule has 0 saturated carbocycles. The average molecular weight is 476 g/mol. The van der Waals surface area contributed by atoms with Crippen molar-refractivity contribution < 1.29 is 19.1 Å². The van der Waals surface area contributed by atoms with Crippen LogP contribution in [0.3, 0.4) is 0 Å². The van der Waals surface area contributed by atoms with Gasteiger partial charge in [-0.1, -0.05) is 24.3 Å². The maximum absolute atomic E-state index is 13.1. The van der Waals surface area contributed by atoms with Gasteiger partial charge in [0.1, 0.15) is 0 Å². The molecule has 0 radical (unpaired) electrons. The maximum atomic E-state index is 13.1. The number of ketones is 1. The number of para-hydroxylation sites is 1. The van der Waals surface area contributed by atoms with E-state index in [-0.39, 0.29) is 11.7 Å². The highest BCUT2D eigenvalue weighted by Crippen LogP contribution is 2.28. The van der Waals surface area contributed by atoms with Crippen LogP contribution in [-0.2, 0) is 11.2 Å². The summed E-state index contributed by atoms with van der Waals surface area (Å²) < 4.78 is 12.7. The number of rotatable bonds is 8. The number of carbonyl (C=O) groups is 2. The van der Waals surface area contributed by atoms with E-state index in [1.165, 1.54) is 0 Å². The van der Waals surface area contributed by atoms with Crippen molar-refractivity contribution >= 4 is 11.7 Å². The van der Waals surface area contributed by atoms with Crippen LogP contribution in [-0.4, -0.2) is 73.0 Å². The lowest BCUT2D eigenvalue weighted by molar-refractivity contribution is -0.132. The third-order valence-corrected chi connectivity index (χ3v) is 6.64. The predicted molar refractivity (Wildman–Crippen MR) is 136 cm³/mol. The molecule has 1 aliphatic heterocycles. The van der Waals surface area contributed by atoms with E-state index >= 15 is 0 Å². The molecule has 3 aromatic rings. The monoisotopic (exact) mass is 475 g/mol. The Bertz CT molecular complexity index is 1190. The van der Waals surface area contributed by atoms with E-state index in [1.807, 2.05) is 73.3 Å². The highest BCUT2D eigenvalue weighted by Gasteiger charge is 2.25. The van der Waals surface area contributed by atoms with E-state index in [4.69, 9.17) is 9.47 Å². The molecule has 7 nitrogen and oxygen atoms in total. The highest BCUT2D eigenvalue weighted by molar-refractivity contribution is 5.99. The normalized spacial score (nSPS) is 14.1. The number of benzene rings is 2. The number of hydrogen-bond acceptors (Lipinski definition) is 5. The lowest BCUT2D eigenvalue weighted by Crippen LogP contribution is -2.50. The molecule has 1 aromatic heterocycles. The zero-order valence-electron chi connectivity index (χ0n) is 20.9. The summed E-state index contributed by atoms with van der Waals surface area (Å²) in [5.74, 6) is 1.46. The topological polar surface area (TPSA) is 64.0 Å². The van der Waals surface area contributed by atoms with Crippen molar-refractivity contribution in [2.75, 3.05) is 46.9 Å².